The summed E-state index contributed by atoms with van der Waals surface area (Å²) in [5, 5.41) is 3.90. The third-order valence-corrected chi connectivity index (χ3v) is 2.34. The Bertz CT molecular complexity index is 363. The quantitative estimate of drug-likeness (QED) is 0.769. The lowest BCUT2D eigenvalue weighted by Gasteiger charge is -2.09. The van der Waals surface area contributed by atoms with Crippen molar-refractivity contribution in [3.63, 3.8) is 0 Å². The zero-order valence-corrected chi connectivity index (χ0v) is 10.6. The maximum absolute atomic E-state index is 6.11. The van der Waals surface area contributed by atoms with Gasteiger partial charge in [-0.25, -0.2) is 0 Å². The molecule has 0 aliphatic rings. The van der Waals surface area contributed by atoms with Crippen LogP contribution in [0.4, 0.5) is 0 Å². The molecule has 0 spiro atoms. The van der Waals surface area contributed by atoms with Crippen LogP contribution in [0.2, 0.25) is 5.02 Å². The van der Waals surface area contributed by atoms with Crippen LogP contribution < -0.4 is 10.1 Å². The van der Waals surface area contributed by atoms with Crippen molar-refractivity contribution in [3.8, 4) is 5.75 Å². The highest BCUT2D eigenvalue weighted by atomic mass is 35.5. The van der Waals surface area contributed by atoms with Gasteiger partial charge in [-0.2, -0.15) is 0 Å². The largest absolute Gasteiger partial charge is 0.488 e. The Hall–Kier alpha value is -0.990. The van der Waals surface area contributed by atoms with E-state index in [1.807, 2.05) is 25.1 Å². The number of nitrogens with one attached hydrogen (secondary N) is 1. The van der Waals surface area contributed by atoms with Gasteiger partial charge in [0.1, 0.15) is 12.4 Å². The van der Waals surface area contributed by atoms with Crippen molar-refractivity contribution in [3.05, 3.63) is 40.9 Å². The third-order valence-electron chi connectivity index (χ3n) is 2.05. The molecule has 1 aromatic carbocycles. The van der Waals surface area contributed by atoms with Gasteiger partial charge in [0.25, 0.3) is 0 Å². The van der Waals surface area contributed by atoms with E-state index in [4.69, 9.17) is 16.3 Å². The molecule has 0 aliphatic heterocycles. The standard InChI is InChI=1S/C13H18ClNO/c1-4-15-8-11-5-6-13(12(14)7-11)16-9-10(2)3/h5-7,15H,2,4,8-9H2,1,3H3. The summed E-state index contributed by atoms with van der Waals surface area (Å²) in [6.07, 6.45) is 0. The molecule has 0 aliphatic carbocycles. The number of benzene rings is 1. The molecule has 0 fully saturated rings. The Morgan fingerprint density at radius 1 is 1.50 bits per heavy atom. The Balaban J connectivity index is 2.63. The Morgan fingerprint density at radius 3 is 2.81 bits per heavy atom. The van der Waals surface area contributed by atoms with Crippen LogP contribution in [0.5, 0.6) is 5.75 Å². The van der Waals surface area contributed by atoms with E-state index < -0.39 is 0 Å². The van der Waals surface area contributed by atoms with E-state index in [-0.39, 0.29) is 0 Å². The van der Waals surface area contributed by atoms with E-state index in [9.17, 15) is 0 Å². The first-order chi connectivity index (χ1) is 7.63. The lowest BCUT2D eigenvalue weighted by molar-refractivity contribution is 0.353. The van der Waals surface area contributed by atoms with Crippen LogP contribution in [-0.2, 0) is 6.54 Å². The average molecular weight is 240 g/mol. The van der Waals surface area contributed by atoms with E-state index in [0.717, 1.165) is 24.2 Å². The molecule has 3 heteroatoms. The summed E-state index contributed by atoms with van der Waals surface area (Å²) in [5.41, 5.74) is 2.14. The second-order valence-electron chi connectivity index (χ2n) is 3.79. The van der Waals surface area contributed by atoms with Gasteiger partial charge in [-0.05, 0) is 36.7 Å². The minimum Gasteiger partial charge on any atom is -0.488 e. The van der Waals surface area contributed by atoms with Crippen LogP contribution in [-0.4, -0.2) is 13.2 Å². The fourth-order valence-corrected chi connectivity index (χ4v) is 1.50. The molecule has 0 aromatic heterocycles. The van der Waals surface area contributed by atoms with Gasteiger partial charge in [0.2, 0.25) is 0 Å². The van der Waals surface area contributed by atoms with Crippen molar-refractivity contribution in [1.29, 1.82) is 0 Å². The van der Waals surface area contributed by atoms with Crippen molar-refractivity contribution >= 4 is 11.6 Å². The highest BCUT2D eigenvalue weighted by molar-refractivity contribution is 6.32. The Morgan fingerprint density at radius 2 is 2.25 bits per heavy atom. The number of hydrogen-bond donors (Lipinski definition) is 1. The fraction of sp³-hybridized carbons (Fsp3) is 0.385. The number of halogens is 1. The number of hydrogen-bond acceptors (Lipinski definition) is 2. The summed E-state index contributed by atoms with van der Waals surface area (Å²) in [4.78, 5) is 0. The first kappa shape index (κ1) is 13.1. The van der Waals surface area contributed by atoms with Crippen LogP contribution >= 0.6 is 11.6 Å². The lowest BCUT2D eigenvalue weighted by Crippen LogP contribution is -2.11. The fourth-order valence-electron chi connectivity index (χ4n) is 1.24. The Kier molecular flexibility index (Phi) is 5.36. The molecule has 0 radical (unpaired) electrons. The van der Waals surface area contributed by atoms with Crippen molar-refractivity contribution in [2.75, 3.05) is 13.2 Å². The zero-order chi connectivity index (χ0) is 12.0. The molecule has 0 saturated carbocycles. The minimum absolute atomic E-state index is 0.506. The molecule has 0 saturated heterocycles. The van der Waals surface area contributed by atoms with Crippen LogP contribution in [0.1, 0.15) is 19.4 Å². The van der Waals surface area contributed by atoms with E-state index >= 15 is 0 Å². The molecular formula is C13H18ClNO. The SMILES string of the molecule is C=C(C)COc1ccc(CNCC)cc1Cl. The molecule has 88 valence electrons. The van der Waals surface area contributed by atoms with Gasteiger partial charge in [-0.1, -0.05) is 31.2 Å². The summed E-state index contributed by atoms with van der Waals surface area (Å²) < 4.78 is 5.51. The summed E-state index contributed by atoms with van der Waals surface area (Å²) in [5.74, 6) is 0.713. The second-order valence-corrected chi connectivity index (χ2v) is 4.20. The van der Waals surface area contributed by atoms with Gasteiger partial charge in [0, 0.05) is 6.54 Å². The molecule has 0 unspecified atom stereocenters. The van der Waals surface area contributed by atoms with Crippen molar-refractivity contribution < 1.29 is 4.74 Å². The molecule has 0 heterocycles. The van der Waals surface area contributed by atoms with E-state index in [1.54, 1.807) is 0 Å². The molecule has 16 heavy (non-hydrogen) atoms. The van der Waals surface area contributed by atoms with Crippen LogP contribution in [0.3, 0.4) is 0 Å². The van der Waals surface area contributed by atoms with Crippen molar-refractivity contribution in [2.24, 2.45) is 0 Å². The smallest absolute Gasteiger partial charge is 0.138 e. The van der Waals surface area contributed by atoms with Gasteiger partial charge in [0.15, 0.2) is 0 Å². The lowest BCUT2D eigenvalue weighted by atomic mass is 10.2. The van der Waals surface area contributed by atoms with Gasteiger partial charge < -0.3 is 10.1 Å². The topological polar surface area (TPSA) is 21.3 Å². The summed E-state index contributed by atoms with van der Waals surface area (Å²) >= 11 is 6.11. The number of rotatable bonds is 6. The summed E-state index contributed by atoms with van der Waals surface area (Å²) in [6, 6.07) is 5.85. The first-order valence-electron chi connectivity index (χ1n) is 5.39. The van der Waals surface area contributed by atoms with Crippen LogP contribution in [0, 0.1) is 0 Å². The predicted octanol–water partition coefficient (Wildman–Crippen LogP) is 3.40. The summed E-state index contributed by atoms with van der Waals surface area (Å²) in [7, 11) is 0. The van der Waals surface area contributed by atoms with Gasteiger partial charge >= 0.3 is 0 Å². The maximum atomic E-state index is 6.11. The molecule has 1 N–H and O–H groups in total. The van der Waals surface area contributed by atoms with Gasteiger partial charge in [-0.15, -0.1) is 0 Å². The van der Waals surface area contributed by atoms with E-state index in [2.05, 4.69) is 18.8 Å². The molecule has 0 bridgehead atoms. The second kappa shape index (κ2) is 6.56. The monoisotopic (exact) mass is 239 g/mol. The molecule has 2 nitrogen and oxygen atoms in total. The highest BCUT2D eigenvalue weighted by Crippen LogP contribution is 2.25. The maximum Gasteiger partial charge on any atom is 0.138 e. The first-order valence-corrected chi connectivity index (χ1v) is 5.77. The van der Waals surface area contributed by atoms with Crippen LogP contribution in [0.25, 0.3) is 0 Å². The third kappa shape index (κ3) is 4.25. The zero-order valence-electron chi connectivity index (χ0n) is 9.85. The van der Waals surface area contributed by atoms with Crippen molar-refractivity contribution in [2.45, 2.75) is 20.4 Å². The highest BCUT2D eigenvalue weighted by Gasteiger charge is 2.02. The molecule has 0 atom stereocenters. The molecular weight excluding hydrogens is 222 g/mol. The van der Waals surface area contributed by atoms with E-state index in [1.165, 1.54) is 0 Å². The van der Waals surface area contributed by atoms with Gasteiger partial charge in [0.05, 0.1) is 5.02 Å². The Labute approximate surface area is 102 Å². The molecule has 1 aromatic rings. The van der Waals surface area contributed by atoms with E-state index in [0.29, 0.717) is 17.4 Å². The average Bonchev–Trinajstić information content (AvgIpc) is 2.24. The summed E-state index contributed by atoms with van der Waals surface area (Å²) in [6.45, 7) is 10.1. The van der Waals surface area contributed by atoms with Crippen molar-refractivity contribution in [1.82, 2.24) is 5.32 Å². The normalized spacial score (nSPS) is 10.2. The van der Waals surface area contributed by atoms with Crippen LogP contribution in [0.15, 0.2) is 30.4 Å². The number of ether oxygens (including phenoxy) is 1. The molecule has 1 rings (SSSR count). The molecule has 0 amide bonds. The minimum atomic E-state index is 0.506. The predicted molar refractivity (Wildman–Crippen MR) is 69.1 cm³/mol. The van der Waals surface area contributed by atoms with Gasteiger partial charge in [-0.3, -0.25) is 0 Å².